The fourth-order valence-corrected chi connectivity index (χ4v) is 5.02. The van der Waals surface area contributed by atoms with Gasteiger partial charge in [0.2, 0.25) is 11.8 Å². The van der Waals surface area contributed by atoms with Crippen LogP contribution >= 0.6 is 0 Å². The molecule has 36 heavy (non-hydrogen) atoms. The quantitative estimate of drug-likeness (QED) is 0.461. The molecule has 0 radical (unpaired) electrons. The Kier molecular flexibility index (Phi) is 11.0. The van der Waals surface area contributed by atoms with E-state index in [0.29, 0.717) is 19.4 Å². The Morgan fingerprint density at radius 1 is 1.11 bits per heavy atom. The predicted octanol–water partition coefficient (Wildman–Crippen LogP) is 3.65. The smallest absolute Gasteiger partial charge is 0.309 e. The van der Waals surface area contributed by atoms with Crippen molar-refractivity contribution >= 4 is 17.8 Å². The molecule has 2 heterocycles. The van der Waals surface area contributed by atoms with Gasteiger partial charge >= 0.3 is 5.97 Å². The lowest BCUT2D eigenvalue weighted by molar-refractivity contribution is -0.150. The zero-order valence-electron chi connectivity index (χ0n) is 21.7. The Bertz CT molecular complexity index is 885. The maximum atomic E-state index is 13.3. The van der Waals surface area contributed by atoms with E-state index in [4.69, 9.17) is 4.74 Å². The number of carbonyl (C=O) groups is 3. The number of cyclic esters (lactones) is 1. The first kappa shape index (κ1) is 27.9. The molecule has 7 heteroatoms. The molecule has 0 saturated carbocycles. The number of rotatable bonds is 6. The van der Waals surface area contributed by atoms with Gasteiger partial charge in [-0.25, -0.2) is 0 Å². The molecule has 1 aromatic rings. The van der Waals surface area contributed by atoms with Gasteiger partial charge in [-0.2, -0.15) is 0 Å². The van der Waals surface area contributed by atoms with Crippen LogP contribution in [0.5, 0.6) is 0 Å². The molecule has 0 aliphatic carbocycles. The van der Waals surface area contributed by atoms with E-state index in [-0.39, 0.29) is 61.3 Å². The molecule has 2 amide bonds. The summed E-state index contributed by atoms with van der Waals surface area (Å²) in [5.74, 6) is -1.17. The summed E-state index contributed by atoms with van der Waals surface area (Å²) in [7, 11) is 0. The van der Waals surface area contributed by atoms with E-state index >= 15 is 0 Å². The second-order valence-electron chi connectivity index (χ2n) is 10.5. The lowest BCUT2D eigenvalue weighted by atomic mass is 9.93. The lowest BCUT2D eigenvalue weighted by Crippen LogP contribution is -2.46. The molecule has 1 saturated heterocycles. The third-order valence-electron chi connectivity index (χ3n) is 7.41. The standard InChI is InChI=1S/C29H42N2O5/c1-21(2)26-20-36-29(35)24(17-22-11-6-5-7-12-22)14-9-4-3-8-13-23(28(34)30-26)18-27(33)31-16-10-15-25(31)19-32/h3,5-8,11-12,21,23-26,32H,4,9-10,13-20H2,1-2H3,(H,30,34)/t23-,24-,25+,26-/m1/s1. The minimum absolute atomic E-state index is 0.0471. The van der Waals surface area contributed by atoms with Crippen molar-refractivity contribution in [1.29, 1.82) is 0 Å². The van der Waals surface area contributed by atoms with Gasteiger partial charge in [0, 0.05) is 13.0 Å². The number of carbonyl (C=O) groups excluding carboxylic acids is 3. The number of aliphatic hydroxyl groups is 1. The van der Waals surface area contributed by atoms with E-state index in [0.717, 1.165) is 37.7 Å². The molecule has 2 aliphatic rings. The van der Waals surface area contributed by atoms with Gasteiger partial charge < -0.3 is 20.1 Å². The maximum absolute atomic E-state index is 13.3. The number of nitrogens with one attached hydrogen (secondary N) is 1. The number of aliphatic hydroxyl groups excluding tert-OH is 1. The molecule has 3 rings (SSSR count). The zero-order chi connectivity index (χ0) is 25.9. The molecule has 0 spiro atoms. The highest BCUT2D eigenvalue weighted by atomic mass is 16.5. The Hall–Kier alpha value is -2.67. The molecule has 0 bridgehead atoms. The zero-order valence-corrected chi connectivity index (χ0v) is 21.7. The molecular weight excluding hydrogens is 456 g/mol. The van der Waals surface area contributed by atoms with Crippen LogP contribution in [0.1, 0.15) is 64.4 Å². The molecule has 1 aromatic carbocycles. The molecule has 0 unspecified atom stereocenters. The third-order valence-corrected chi connectivity index (χ3v) is 7.41. The Morgan fingerprint density at radius 2 is 1.89 bits per heavy atom. The van der Waals surface area contributed by atoms with Gasteiger partial charge in [0.1, 0.15) is 6.61 Å². The number of benzene rings is 1. The van der Waals surface area contributed by atoms with Crippen molar-refractivity contribution in [2.45, 2.75) is 77.3 Å². The summed E-state index contributed by atoms with van der Waals surface area (Å²) in [6, 6.07) is 9.50. The number of amides is 2. The predicted molar refractivity (Wildman–Crippen MR) is 139 cm³/mol. The average molecular weight is 499 g/mol. The number of nitrogens with zero attached hydrogens (tertiary/aromatic N) is 1. The molecule has 198 valence electrons. The van der Waals surface area contributed by atoms with Gasteiger partial charge in [-0.1, -0.05) is 56.3 Å². The van der Waals surface area contributed by atoms with Crippen LogP contribution in [0.3, 0.4) is 0 Å². The van der Waals surface area contributed by atoms with E-state index in [2.05, 4.69) is 5.32 Å². The molecule has 7 nitrogen and oxygen atoms in total. The van der Waals surface area contributed by atoms with Gasteiger partial charge in [0.15, 0.2) is 0 Å². The van der Waals surface area contributed by atoms with E-state index in [9.17, 15) is 19.5 Å². The van der Waals surface area contributed by atoms with Gasteiger partial charge in [0.25, 0.3) is 0 Å². The highest BCUT2D eigenvalue weighted by Crippen LogP contribution is 2.23. The van der Waals surface area contributed by atoms with Gasteiger partial charge in [-0.05, 0) is 56.4 Å². The number of allylic oxidation sites excluding steroid dienone is 2. The van der Waals surface area contributed by atoms with Crippen LogP contribution in [-0.2, 0) is 25.5 Å². The SMILES string of the molecule is CC(C)[C@H]1COC(=O)[C@@H](Cc2ccccc2)CCCC=CC[C@H](CC(=O)N2CCC[C@H]2CO)C(=O)N1. The summed E-state index contributed by atoms with van der Waals surface area (Å²) in [5.41, 5.74) is 1.11. The minimum atomic E-state index is -0.501. The first-order chi connectivity index (χ1) is 17.4. The van der Waals surface area contributed by atoms with Crippen LogP contribution in [0.2, 0.25) is 0 Å². The number of ether oxygens (including phenoxy) is 1. The van der Waals surface area contributed by atoms with E-state index in [1.165, 1.54) is 0 Å². The fourth-order valence-electron chi connectivity index (χ4n) is 5.02. The van der Waals surface area contributed by atoms with Gasteiger partial charge in [0.05, 0.1) is 30.5 Å². The summed E-state index contributed by atoms with van der Waals surface area (Å²) in [5, 5.41) is 12.7. The van der Waals surface area contributed by atoms with E-state index in [1.54, 1.807) is 4.90 Å². The third kappa shape index (κ3) is 8.19. The minimum Gasteiger partial charge on any atom is -0.463 e. The highest BCUT2D eigenvalue weighted by molar-refractivity contribution is 5.86. The van der Waals surface area contributed by atoms with Crippen LogP contribution in [0.4, 0.5) is 0 Å². The number of hydrogen-bond donors (Lipinski definition) is 2. The van der Waals surface area contributed by atoms with Crippen LogP contribution in [-0.4, -0.2) is 59.6 Å². The van der Waals surface area contributed by atoms with Crippen LogP contribution in [0.15, 0.2) is 42.5 Å². The normalized spacial score (nSPS) is 26.4. The summed E-state index contributed by atoms with van der Waals surface area (Å²) in [4.78, 5) is 41.0. The Morgan fingerprint density at radius 3 is 2.61 bits per heavy atom. The van der Waals surface area contributed by atoms with Crippen LogP contribution in [0.25, 0.3) is 0 Å². The maximum Gasteiger partial charge on any atom is 0.309 e. The van der Waals surface area contributed by atoms with Crippen molar-refractivity contribution in [3.8, 4) is 0 Å². The van der Waals surface area contributed by atoms with E-state index in [1.807, 2.05) is 56.3 Å². The van der Waals surface area contributed by atoms with Crippen molar-refractivity contribution in [1.82, 2.24) is 10.2 Å². The first-order valence-electron chi connectivity index (χ1n) is 13.4. The second-order valence-corrected chi connectivity index (χ2v) is 10.5. The first-order valence-corrected chi connectivity index (χ1v) is 13.4. The van der Waals surface area contributed by atoms with E-state index < -0.39 is 5.92 Å². The van der Waals surface area contributed by atoms with Crippen LogP contribution < -0.4 is 5.32 Å². The van der Waals surface area contributed by atoms with Crippen LogP contribution in [0, 0.1) is 17.8 Å². The molecule has 2 N–H and O–H groups in total. The number of esters is 1. The van der Waals surface area contributed by atoms with Gasteiger partial charge in [-0.3, -0.25) is 14.4 Å². The average Bonchev–Trinajstić information content (AvgIpc) is 3.35. The van der Waals surface area contributed by atoms with Crippen molar-refractivity contribution < 1.29 is 24.2 Å². The summed E-state index contributed by atoms with van der Waals surface area (Å²) < 4.78 is 5.75. The summed E-state index contributed by atoms with van der Waals surface area (Å²) in [6.45, 7) is 4.67. The molecule has 4 atom stereocenters. The molecule has 2 aliphatic heterocycles. The Balaban J connectivity index is 1.70. The fraction of sp³-hybridized carbons (Fsp3) is 0.621. The van der Waals surface area contributed by atoms with Crippen molar-refractivity contribution in [2.75, 3.05) is 19.8 Å². The summed E-state index contributed by atoms with van der Waals surface area (Å²) in [6.07, 6.45) is 9.31. The monoisotopic (exact) mass is 498 g/mol. The Labute approximate surface area is 215 Å². The number of hydrogen-bond acceptors (Lipinski definition) is 5. The largest absolute Gasteiger partial charge is 0.463 e. The second kappa shape index (κ2) is 14.2. The lowest BCUT2D eigenvalue weighted by Gasteiger charge is -2.28. The molecule has 1 fully saturated rings. The topological polar surface area (TPSA) is 95.9 Å². The van der Waals surface area contributed by atoms with Gasteiger partial charge in [-0.15, -0.1) is 0 Å². The van der Waals surface area contributed by atoms with Crippen molar-refractivity contribution in [2.24, 2.45) is 17.8 Å². The molecule has 0 aromatic heterocycles. The van der Waals surface area contributed by atoms with Crippen molar-refractivity contribution in [3.63, 3.8) is 0 Å². The van der Waals surface area contributed by atoms with Crippen molar-refractivity contribution in [3.05, 3.63) is 48.0 Å². The molecular formula is C29H42N2O5. The number of likely N-dealkylation sites (tertiary alicyclic amines) is 1. The highest BCUT2D eigenvalue weighted by Gasteiger charge is 2.32. The summed E-state index contributed by atoms with van der Waals surface area (Å²) >= 11 is 0.